The molecule has 2 heterocycles. The van der Waals surface area contributed by atoms with Gasteiger partial charge in [0.05, 0.1) is 25.4 Å². The lowest BCUT2D eigenvalue weighted by molar-refractivity contribution is 0.0351. The Labute approximate surface area is 247 Å². The van der Waals surface area contributed by atoms with E-state index in [0.717, 1.165) is 70.5 Å². The van der Waals surface area contributed by atoms with Gasteiger partial charge in [-0.25, -0.2) is 9.59 Å². The van der Waals surface area contributed by atoms with Gasteiger partial charge >= 0.3 is 12.0 Å². The molecule has 3 aromatic rings. The summed E-state index contributed by atoms with van der Waals surface area (Å²) in [7, 11) is 0. The Bertz CT molecular complexity index is 1230. The highest BCUT2D eigenvalue weighted by Crippen LogP contribution is 2.39. The lowest BCUT2D eigenvalue weighted by Crippen LogP contribution is -2.44. The maximum Gasteiger partial charge on any atom is 0.341 e. The number of rotatable bonds is 11. The summed E-state index contributed by atoms with van der Waals surface area (Å²) < 4.78 is 11.0. The van der Waals surface area contributed by atoms with E-state index in [4.69, 9.17) is 9.47 Å². The maximum atomic E-state index is 13.9. The molecule has 1 aromatic heterocycles. The Morgan fingerprint density at radius 1 is 0.976 bits per heavy atom. The van der Waals surface area contributed by atoms with Gasteiger partial charge in [-0.15, -0.1) is 11.3 Å². The van der Waals surface area contributed by atoms with Crippen molar-refractivity contribution in [1.29, 1.82) is 0 Å². The number of hydrogen-bond donors (Lipinski definition) is 1. The summed E-state index contributed by atoms with van der Waals surface area (Å²) in [5, 5.41) is 3.78. The fraction of sp³-hybridized carbons (Fsp3) is 0.455. The van der Waals surface area contributed by atoms with E-state index in [1.54, 1.807) is 0 Å². The first-order valence-electron chi connectivity index (χ1n) is 14.9. The Morgan fingerprint density at radius 2 is 1.63 bits per heavy atom. The Hall–Kier alpha value is -3.20. The lowest BCUT2D eigenvalue weighted by atomic mass is 9.88. The standard InChI is InChI=1S/C33H41N3O4S/c1-2-40-32(37)30-28-15-9-10-16-29(28)41-31(30)34-33(38)36(20-19-35-21-23-39-24-22-35)18-17-27(25-11-5-3-6-12-25)26-13-7-4-8-14-26/h3-8,11-14,27H,2,9-10,15-24H2,1H3,(H,34,38). The molecule has 0 unspecified atom stereocenters. The van der Waals surface area contributed by atoms with Crippen molar-refractivity contribution in [2.24, 2.45) is 0 Å². The van der Waals surface area contributed by atoms with E-state index >= 15 is 0 Å². The van der Waals surface area contributed by atoms with Crippen LogP contribution in [0.4, 0.5) is 9.80 Å². The van der Waals surface area contributed by atoms with Crippen LogP contribution in [0.3, 0.4) is 0 Å². The number of ether oxygens (including phenoxy) is 2. The number of fused-ring (bicyclic) bond motifs is 1. The van der Waals surface area contributed by atoms with E-state index in [0.29, 0.717) is 30.3 Å². The molecular formula is C33H41N3O4S. The molecule has 0 saturated carbocycles. The minimum Gasteiger partial charge on any atom is -0.462 e. The van der Waals surface area contributed by atoms with Gasteiger partial charge in [-0.2, -0.15) is 0 Å². The first kappa shape index (κ1) is 29.3. The van der Waals surface area contributed by atoms with E-state index in [2.05, 4.69) is 58.7 Å². The van der Waals surface area contributed by atoms with Crippen LogP contribution in [-0.4, -0.2) is 74.3 Å². The highest BCUT2D eigenvalue weighted by Gasteiger charge is 2.29. The van der Waals surface area contributed by atoms with E-state index in [1.165, 1.54) is 27.3 Å². The molecule has 5 rings (SSSR count). The number of morpholine rings is 1. The first-order valence-corrected chi connectivity index (χ1v) is 15.7. The molecule has 0 bridgehead atoms. The molecule has 7 nitrogen and oxygen atoms in total. The molecule has 1 saturated heterocycles. The van der Waals surface area contributed by atoms with Gasteiger partial charge in [0.25, 0.3) is 0 Å². The van der Waals surface area contributed by atoms with E-state index in [9.17, 15) is 9.59 Å². The van der Waals surface area contributed by atoms with Crippen molar-refractivity contribution >= 4 is 28.3 Å². The summed E-state index contributed by atoms with van der Waals surface area (Å²) in [4.78, 5) is 32.4. The predicted octanol–water partition coefficient (Wildman–Crippen LogP) is 6.19. The molecule has 2 amide bonds. The number of nitrogens with one attached hydrogen (secondary N) is 1. The minimum atomic E-state index is -0.338. The topological polar surface area (TPSA) is 71.1 Å². The fourth-order valence-electron chi connectivity index (χ4n) is 5.83. The molecule has 1 aliphatic heterocycles. The summed E-state index contributed by atoms with van der Waals surface area (Å²) >= 11 is 1.54. The molecule has 8 heteroatoms. The summed E-state index contributed by atoms with van der Waals surface area (Å²) in [6.45, 7) is 7.28. The number of urea groups is 1. The highest BCUT2D eigenvalue weighted by molar-refractivity contribution is 7.17. The van der Waals surface area contributed by atoms with Gasteiger partial charge in [-0.1, -0.05) is 60.7 Å². The van der Waals surface area contributed by atoms with Crippen LogP contribution in [0.2, 0.25) is 0 Å². The zero-order valence-corrected chi connectivity index (χ0v) is 24.8. The third kappa shape index (κ3) is 7.56. The van der Waals surface area contributed by atoms with Crippen molar-refractivity contribution in [3.05, 3.63) is 87.8 Å². The Morgan fingerprint density at radius 3 is 2.29 bits per heavy atom. The zero-order chi connectivity index (χ0) is 28.4. The van der Waals surface area contributed by atoms with Gasteiger partial charge < -0.3 is 14.4 Å². The number of nitrogens with zero attached hydrogens (tertiary/aromatic N) is 2. The fourth-order valence-corrected chi connectivity index (χ4v) is 7.10. The van der Waals surface area contributed by atoms with Crippen LogP contribution in [0.1, 0.15) is 64.0 Å². The van der Waals surface area contributed by atoms with Gasteiger partial charge in [-0.3, -0.25) is 10.2 Å². The third-order valence-corrected chi connectivity index (χ3v) is 9.25. The van der Waals surface area contributed by atoms with Crippen molar-refractivity contribution in [2.75, 3.05) is 57.9 Å². The van der Waals surface area contributed by atoms with Crippen molar-refractivity contribution in [2.45, 2.75) is 44.9 Å². The van der Waals surface area contributed by atoms with Gasteiger partial charge in [0.2, 0.25) is 0 Å². The second-order valence-corrected chi connectivity index (χ2v) is 11.8. The van der Waals surface area contributed by atoms with Crippen LogP contribution in [-0.2, 0) is 22.3 Å². The number of amides is 2. The average Bonchev–Trinajstić information content (AvgIpc) is 3.38. The monoisotopic (exact) mass is 575 g/mol. The predicted molar refractivity (Wildman–Crippen MR) is 164 cm³/mol. The van der Waals surface area contributed by atoms with Crippen LogP contribution in [0.25, 0.3) is 0 Å². The molecule has 41 heavy (non-hydrogen) atoms. The van der Waals surface area contributed by atoms with Crippen molar-refractivity contribution in [1.82, 2.24) is 9.80 Å². The number of thiophene rings is 1. The highest BCUT2D eigenvalue weighted by atomic mass is 32.1. The zero-order valence-electron chi connectivity index (χ0n) is 24.0. The molecule has 2 aromatic carbocycles. The molecule has 1 N–H and O–H groups in total. The molecule has 0 atom stereocenters. The molecule has 1 aliphatic carbocycles. The van der Waals surface area contributed by atoms with E-state index in [-0.39, 0.29) is 17.9 Å². The Kier molecular flexibility index (Phi) is 10.4. The third-order valence-electron chi connectivity index (χ3n) is 8.04. The number of aryl methyl sites for hydroxylation is 1. The maximum absolute atomic E-state index is 13.9. The van der Waals surface area contributed by atoms with Crippen molar-refractivity contribution in [3.63, 3.8) is 0 Å². The largest absolute Gasteiger partial charge is 0.462 e. The van der Waals surface area contributed by atoms with E-state index in [1.807, 2.05) is 24.0 Å². The average molecular weight is 576 g/mol. The summed E-state index contributed by atoms with van der Waals surface area (Å²) in [6, 6.07) is 20.9. The first-order chi connectivity index (χ1) is 20.1. The van der Waals surface area contributed by atoms with Gasteiger partial charge in [0.1, 0.15) is 5.00 Å². The number of carbonyl (C=O) groups is 2. The van der Waals surface area contributed by atoms with Crippen LogP contribution in [0.5, 0.6) is 0 Å². The van der Waals surface area contributed by atoms with Crippen molar-refractivity contribution < 1.29 is 19.1 Å². The van der Waals surface area contributed by atoms with E-state index < -0.39 is 0 Å². The smallest absolute Gasteiger partial charge is 0.341 e. The van der Waals surface area contributed by atoms with Gasteiger partial charge in [0, 0.05) is 43.5 Å². The summed E-state index contributed by atoms with van der Waals surface area (Å²) in [5.41, 5.74) is 4.09. The normalized spacial score (nSPS) is 15.4. The molecule has 218 valence electrons. The number of benzene rings is 2. The quantitative estimate of drug-likeness (QED) is 0.276. The summed E-state index contributed by atoms with van der Waals surface area (Å²) in [6.07, 6.45) is 4.74. The number of esters is 1. The number of hydrogen-bond acceptors (Lipinski definition) is 6. The lowest BCUT2D eigenvalue weighted by Gasteiger charge is -2.31. The van der Waals surface area contributed by atoms with Crippen LogP contribution >= 0.6 is 11.3 Å². The van der Waals surface area contributed by atoms with Gasteiger partial charge in [-0.05, 0) is 55.7 Å². The van der Waals surface area contributed by atoms with Gasteiger partial charge in [0.15, 0.2) is 0 Å². The van der Waals surface area contributed by atoms with Crippen LogP contribution in [0.15, 0.2) is 60.7 Å². The molecule has 1 fully saturated rings. The molecule has 0 radical (unpaired) electrons. The summed E-state index contributed by atoms with van der Waals surface area (Å²) in [5.74, 6) is -0.171. The van der Waals surface area contributed by atoms with Crippen LogP contribution < -0.4 is 5.32 Å². The van der Waals surface area contributed by atoms with Crippen molar-refractivity contribution in [3.8, 4) is 0 Å². The molecule has 0 spiro atoms. The molecular weight excluding hydrogens is 534 g/mol. The number of carbonyl (C=O) groups excluding carboxylic acids is 2. The molecule has 2 aliphatic rings. The second-order valence-electron chi connectivity index (χ2n) is 10.7. The van der Waals surface area contributed by atoms with Crippen LogP contribution in [0, 0.1) is 0 Å². The number of anilines is 1. The Balaban J connectivity index is 1.37. The second kappa shape index (κ2) is 14.6. The minimum absolute atomic E-state index is 0.165. The SMILES string of the molecule is CCOC(=O)c1c(NC(=O)N(CCC(c2ccccc2)c2ccccc2)CCN2CCOCC2)sc2c1CCCC2.